The van der Waals surface area contributed by atoms with Gasteiger partial charge in [0.2, 0.25) is 0 Å². The molecule has 116 valence electrons. The third-order valence-electron chi connectivity index (χ3n) is 3.93. The molecule has 0 aromatic heterocycles. The summed E-state index contributed by atoms with van der Waals surface area (Å²) in [6.07, 6.45) is 3.30. The molecule has 0 unspecified atom stereocenters. The predicted molar refractivity (Wildman–Crippen MR) is 77.7 cm³/mol. The van der Waals surface area contributed by atoms with Crippen molar-refractivity contribution in [1.29, 1.82) is 0 Å². The second-order valence-electron chi connectivity index (χ2n) is 5.27. The van der Waals surface area contributed by atoms with Gasteiger partial charge in [0.15, 0.2) is 11.5 Å². The average Bonchev–Trinajstić information content (AvgIpc) is 2.52. The number of methoxy groups -OCH3 is 2. The zero-order chi connectivity index (χ0) is 15.2. The van der Waals surface area contributed by atoms with Gasteiger partial charge in [-0.25, -0.2) is 0 Å². The largest absolute Gasteiger partial charge is 0.493 e. The van der Waals surface area contributed by atoms with E-state index in [1.807, 2.05) is 18.2 Å². The van der Waals surface area contributed by atoms with Gasteiger partial charge in [-0.15, -0.1) is 0 Å². The van der Waals surface area contributed by atoms with Crippen molar-refractivity contribution in [3.05, 3.63) is 23.8 Å². The minimum atomic E-state index is -0.757. The van der Waals surface area contributed by atoms with Crippen LogP contribution in [0.2, 0.25) is 0 Å². The van der Waals surface area contributed by atoms with E-state index in [1.165, 1.54) is 0 Å². The summed E-state index contributed by atoms with van der Waals surface area (Å²) in [5.41, 5.74) is 0.947. The Kier molecular flexibility index (Phi) is 5.44. The Morgan fingerprint density at radius 2 is 1.90 bits per heavy atom. The van der Waals surface area contributed by atoms with Gasteiger partial charge >= 0.3 is 5.97 Å². The summed E-state index contributed by atoms with van der Waals surface area (Å²) in [6, 6.07) is 5.59. The van der Waals surface area contributed by atoms with Crippen LogP contribution in [0.4, 0.5) is 0 Å². The van der Waals surface area contributed by atoms with Gasteiger partial charge in [-0.05, 0) is 30.5 Å². The van der Waals surface area contributed by atoms with Crippen molar-refractivity contribution in [1.82, 2.24) is 0 Å². The summed E-state index contributed by atoms with van der Waals surface area (Å²) in [5, 5.41) is 9.24. The van der Waals surface area contributed by atoms with Crippen molar-refractivity contribution in [2.75, 3.05) is 14.2 Å². The molecule has 0 radical (unpaired) electrons. The Labute approximate surface area is 124 Å². The number of rotatable bonds is 6. The van der Waals surface area contributed by atoms with Crippen LogP contribution in [0.1, 0.15) is 31.2 Å². The van der Waals surface area contributed by atoms with E-state index in [1.54, 1.807) is 14.2 Å². The summed E-state index contributed by atoms with van der Waals surface area (Å²) in [4.78, 5) is 11.2. The van der Waals surface area contributed by atoms with Gasteiger partial charge in [0.1, 0.15) is 0 Å². The lowest BCUT2D eigenvalue weighted by Crippen LogP contribution is -2.33. The van der Waals surface area contributed by atoms with Crippen molar-refractivity contribution in [2.24, 2.45) is 5.92 Å². The Hall–Kier alpha value is -1.75. The minimum absolute atomic E-state index is 0.204. The molecular weight excluding hydrogens is 272 g/mol. The third kappa shape index (κ3) is 3.88. The van der Waals surface area contributed by atoms with Crippen LogP contribution in [0.3, 0.4) is 0 Å². The number of hydrogen-bond donors (Lipinski definition) is 1. The summed E-state index contributed by atoms with van der Waals surface area (Å²) in [7, 11) is 3.18. The zero-order valence-electron chi connectivity index (χ0n) is 12.5. The number of carbonyl (C=O) groups is 1. The van der Waals surface area contributed by atoms with E-state index in [2.05, 4.69) is 0 Å². The van der Waals surface area contributed by atoms with Gasteiger partial charge in [0.25, 0.3) is 0 Å². The highest BCUT2D eigenvalue weighted by atomic mass is 16.5. The fourth-order valence-electron chi connectivity index (χ4n) is 2.75. The monoisotopic (exact) mass is 294 g/mol. The molecule has 0 aliphatic heterocycles. The highest BCUT2D eigenvalue weighted by molar-refractivity contribution is 5.70. The molecule has 1 fully saturated rings. The highest BCUT2D eigenvalue weighted by Crippen LogP contribution is 2.30. The molecule has 1 aliphatic carbocycles. The highest BCUT2D eigenvalue weighted by Gasteiger charge is 2.31. The van der Waals surface area contributed by atoms with E-state index in [0.717, 1.165) is 24.8 Å². The Morgan fingerprint density at radius 1 is 1.19 bits per heavy atom. The normalized spacial score (nSPS) is 21.8. The van der Waals surface area contributed by atoms with Crippen LogP contribution in [0.5, 0.6) is 11.5 Å². The maximum Gasteiger partial charge on any atom is 0.309 e. The molecule has 2 rings (SSSR count). The molecule has 1 aliphatic rings. The van der Waals surface area contributed by atoms with Gasteiger partial charge in [-0.3, -0.25) is 4.79 Å². The molecule has 0 bridgehead atoms. The smallest absolute Gasteiger partial charge is 0.309 e. The van der Waals surface area contributed by atoms with Crippen molar-refractivity contribution in [2.45, 2.75) is 38.4 Å². The molecule has 21 heavy (non-hydrogen) atoms. The number of carboxylic acid groups (broad SMARTS) is 1. The van der Waals surface area contributed by atoms with Crippen LogP contribution < -0.4 is 9.47 Å². The molecular formula is C16H22O5. The van der Waals surface area contributed by atoms with Crippen LogP contribution in [0, 0.1) is 5.92 Å². The maximum atomic E-state index is 11.2. The van der Waals surface area contributed by atoms with Gasteiger partial charge < -0.3 is 19.3 Å². The summed E-state index contributed by atoms with van der Waals surface area (Å²) in [6.45, 7) is 0.384. The first kappa shape index (κ1) is 15.6. The molecule has 1 N–H and O–H groups in total. The number of benzene rings is 1. The Morgan fingerprint density at radius 3 is 2.57 bits per heavy atom. The Balaban J connectivity index is 2.00. The minimum Gasteiger partial charge on any atom is -0.493 e. The summed E-state index contributed by atoms with van der Waals surface area (Å²) >= 11 is 0. The fraction of sp³-hybridized carbons (Fsp3) is 0.562. The standard InChI is InChI=1S/C16H22O5/c1-19-14-8-7-11(9-15(14)20-2)10-21-13-6-4-3-5-12(13)16(17)18/h7-9,12-13H,3-6,10H2,1-2H3,(H,17,18)/t12-,13+/m1/s1. The quantitative estimate of drug-likeness (QED) is 0.874. The number of ether oxygens (including phenoxy) is 3. The van der Waals surface area contributed by atoms with Crippen molar-refractivity contribution < 1.29 is 24.1 Å². The van der Waals surface area contributed by atoms with Gasteiger partial charge in [0.05, 0.1) is 32.8 Å². The van der Waals surface area contributed by atoms with Crippen molar-refractivity contribution >= 4 is 5.97 Å². The van der Waals surface area contributed by atoms with E-state index in [-0.39, 0.29) is 12.0 Å². The van der Waals surface area contributed by atoms with E-state index in [0.29, 0.717) is 24.5 Å². The van der Waals surface area contributed by atoms with E-state index in [9.17, 15) is 9.90 Å². The SMILES string of the molecule is COc1ccc(CO[C@H]2CCCC[C@H]2C(=O)O)cc1OC. The first-order chi connectivity index (χ1) is 10.2. The van der Waals surface area contributed by atoms with Crippen LogP contribution in [0.25, 0.3) is 0 Å². The van der Waals surface area contributed by atoms with E-state index >= 15 is 0 Å². The zero-order valence-corrected chi connectivity index (χ0v) is 12.5. The lowest BCUT2D eigenvalue weighted by Gasteiger charge is -2.28. The van der Waals surface area contributed by atoms with Crippen LogP contribution in [-0.2, 0) is 16.1 Å². The van der Waals surface area contributed by atoms with Crippen molar-refractivity contribution in [3.8, 4) is 11.5 Å². The third-order valence-corrected chi connectivity index (χ3v) is 3.93. The number of carboxylic acids is 1. The average molecular weight is 294 g/mol. The first-order valence-corrected chi connectivity index (χ1v) is 7.21. The number of aliphatic carboxylic acids is 1. The van der Waals surface area contributed by atoms with E-state index < -0.39 is 5.97 Å². The van der Waals surface area contributed by atoms with Crippen LogP contribution >= 0.6 is 0 Å². The lowest BCUT2D eigenvalue weighted by atomic mass is 9.86. The van der Waals surface area contributed by atoms with Crippen LogP contribution in [-0.4, -0.2) is 31.4 Å². The maximum absolute atomic E-state index is 11.2. The van der Waals surface area contributed by atoms with Crippen molar-refractivity contribution in [3.63, 3.8) is 0 Å². The van der Waals surface area contributed by atoms with Gasteiger partial charge in [0, 0.05) is 0 Å². The second-order valence-corrected chi connectivity index (χ2v) is 5.27. The molecule has 0 heterocycles. The first-order valence-electron chi connectivity index (χ1n) is 7.21. The van der Waals surface area contributed by atoms with Gasteiger partial charge in [-0.2, -0.15) is 0 Å². The second kappa shape index (κ2) is 7.31. The van der Waals surface area contributed by atoms with Crippen LogP contribution in [0.15, 0.2) is 18.2 Å². The number of hydrogen-bond acceptors (Lipinski definition) is 4. The summed E-state index contributed by atoms with van der Waals surface area (Å²) in [5.74, 6) is 0.172. The molecule has 5 nitrogen and oxygen atoms in total. The molecule has 0 saturated heterocycles. The van der Waals surface area contributed by atoms with E-state index in [4.69, 9.17) is 14.2 Å². The van der Waals surface area contributed by atoms with Gasteiger partial charge in [-0.1, -0.05) is 18.9 Å². The predicted octanol–water partition coefficient (Wildman–Crippen LogP) is 2.86. The molecule has 1 aromatic rings. The summed E-state index contributed by atoms with van der Waals surface area (Å²) < 4.78 is 16.3. The molecule has 1 aromatic carbocycles. The molecule has 0 spiro atoms. The topological polar surface area (TPSA) is 65.0 Å². The molecule has 5 heteroatoms. The Bertz CT molecular complexity index is 486. The molecule has 1 saturated carbocycles. The molecule has 0 amide bonds. The molecule has 2 atom stereocenters. The lowest BCUT2D eigenvalue weighted by molar-refractivity contribution is -0.150. The fourth-order valence-corrected chi connectivity index (χ4v) is 2.75.